The second-order valence-corrected chi connectivity index (χ2v) is 4.59. The van der Waals surface area contributed by atoms with Crippen molar-refractivity contribution in [3.63, 3.8) is 0 Å². The van der Waals surface area contributed by atoms with Crippen LogP contribution in [0.3, 0.4) is 0 Å². The summed E-state index contributed by atoms with van der Waals surface area (Å²) in [6.07, 6.45) is 5.00. The summed E-state index contributed by atoms with van der Waals surface area (Å²) in [5.74, 6) is 0.445. The minimum Gasteiger partial charge on any atom is -0.267 e. The Labute approximate surface area is 109 Å². The zero-order valence-corrected chi connectivity index (χ0v) is 11.2. The standard InChI is InChI=1S/C15H20N2O/c1-12(2)8-7-9-13(3)16-17-15(18)14-10-5-4-6-11-14/h4-7,9-12H,8H2,1-3H3,(H,17,18)/b9-7+,16-13+. The van der Waals surface area contributed by atoms with Crippen molar-refractivity contribution in [2.75, 3.05) is 0 Å². The maximum absolute atomic E-state index is 11.7. The molecule has 0 saturated heterocycles. The summed E-state index contributed by atoms with van der Waals surface area (Å²) in [6, 6.07) is 9.05. The molecule has 3 nitrogen and oxygen atoms in total. The van der Waals surface area contributed by atoms with E-state index in [1.165, 1.54) is 0 Å². The maximum Gasteiger partial charge on any atom is 0.271 e. The number of hydrogen-bond donors (Lipinski definition) is 1. The van der Waals surface area contributed by atoms with Crippen molar-refractivity contribution in [2.45, 2.75) is 27.2 Å². The van der Waals surface area contributed by atoms with E-state index in [0.717, 1.165) is 12.1 Å². The topological polar surface area (TPSA) is 41.5 Å². The van der Waals surface area contributed by atoms with Crippen LogP contribution in [-0.2, 0) is 0 Å². The molecule has 1 aromatic carbocycles. The summed E-state index contributed by atoms with van der Waals surface area (Å²) in [4.78, 5) is 11.7. The highest BCUT2D eigenvalue weighted by atomic mass is 16.2. The molecule has 0 aliphatic rings. The molecule has 0 unspecified atom stereocenters. The first-order valence-corrected chi connectivity index (χ1v) is 6.16. The Balaban J connectivity index is 2.48. The lowest BCUT2D eigenvalue weighted by atomic mass is 10.1. The van der Waals surface area contributed by atoms with Crippen LogP contribution in [0.1, 0.15) is 37.6 Å². The van der Waals surface area contributed by atoms with Crippen LogP contribution in [-0.4, -0.2) is 11.6 Å². The number of allylic oxidation sites excluding steroid dienone is 2. The molecule has 1 aromatic rings. The summed E-state index contributed by atoms with van der Waals surface area (Å²) in [7, 11) is 0. The van der Waals surface area contributed by atoms with E-state index in [9.17, 15) is 4.79 Å². The molecular formula is C15H20N2O. The number of nitrogens with zero attached hydrogens (tertiary/aromatic N) is 1. The molecular weight excluding hydrogens is 224 g/mol. The molecule has 0 atom stereocenters. The van der Waals surface area contributed by atoms with Gasteiger partial charge in [0, 0.05) is 5.56 Å². The van der Waals surface area contributed by atoms with Crippen LogP contribution >= 0.6 is 0 Å². The highest BCUT2D eigenvalue weighted by Crippen LogP contribution is 2.00. The highest BCUT2D eigenvalue weighted by molar-refractivity contribution is 5.97. The molecule has 0 aliphatic carbocycles. The summed E-state index contributed by atoms with van der Waals surface area (Å²) < 4.78 is 0. The first-order chi connectivity index (χ1) is 8.59. The lowest BCUT2D eigenvalue weighted by Gasteiger charge is -2.00. The largest absolute Gasteiger partial charge is 0.271 e. The van der Waals surface area contributed by atoms with Gasteiger partial charge in [-0.3, -0.25) is 4.79 Å². The average Bonchev–Trinajstić information content (AvgIpc) is 2.36. The van der Waals surface area contributed by atoms with Gasteiger partial charge in [0.15, 0.2) is 0 Å². The third kappa shape index (κ3) is 5.43. The first-order valence-electron chi connectivity index (χ1n) is 6.16. The number of carbonyl (C=O) groups is 1. The Kier molecular flexibility index (Phi) is 5.85. The van der Waals surface area contributed by atoms with E-state index in [1.807, 2.05) is 31.2 Å². The Morgan fingerprint density at radius 2 is 2.00 bits per heavy atom. The summed E-state index contributed by atoms with van der Waals surface area (Å²) in [5, 5.41) is 4.03. The van der Waals surface area contributed by atoms with Crippen molar-refractivity contribution in [3.05, 3.63) is 48.0 Å². The van der Waals surface area contributed by atoms with E-state index in [4.69, 9.17) is 0 Å². The molecule has 0 aromatic heterocycles. The van der Waals surface area contributed by atoms with Gasteiger partial charge in [-0.1, -0.05) is 38.1 Å². The van der Waals surface area contributed by atoms with E-state index in [1.54, 1.807) is 12.1 Å². The van der Waals surface area contributed by atoms with Crippen LogP contribution in [0.5, 0.6) is 0 Å². The number of hydrazone groups is 1. The monoisotopic (exact) mass is 244 g/mol. The van der Waals surface area contributed by atoms with Crippen LogP contribution in [0.4, 0.5) is 0 Å². The molecule has 1 rings (SSSR count). The van der Waals surface area contributed by atoms with Crippen molar-refractivity contribution in [2.24, 2.45) is 11.0 Å². The van der Waals surface area contributed by atoms with Gasteiger partial charge in [-0.05, 0) is 37.5 Å². The van der Waals surface area contributed by atoms with Crippen molar-refractivity contribution in [1.29, 1.82) is 0 Å². The van der Waals surface area contributed by atoms with Crippen molar-refractivity contribution in [1.82, 2.24) is 5.43 Å². The Morgan fingerprint density at radius 1 is 1.33 bits per heavy atom. The molecule has 0 spiro atoms. The molecule has 18 heavy (non-hydrogen) atoms. The fraction of sp³-hybridized carbons (Fsp3) is 0.333. The molecule has 3 heteroatoms. The zero-order valence-electron chi connectivity index (χ0n) is 11.2. The molecule has 0 heterocycles. The van der Waals surface area contributed by atoms with Gasteiger partial charge >= 0.3 is 0 Å². The van der Waals surface area contributed by atoms with Crippen LogP contribution < -0.4 is 5.43 Å². The number of benzene rings is 1. The van der Waals surface area contributed by atoms with Gasteiger partial charge in [0.25, 0.3) is 5.91 Å². The quantitative estimate of drug-likeness (QED) is 0.626. The van der Waals surface area contributed by atoms with Crippen LogP contribution in [0, 0.1) is 5.92 Å². The molecule has 0 fully saturated rings. The SMILES string of the molecule is CC(/C=C/CC(C)C)=N\NC(=O)c1ccccc1. The minimum absolute atomic E-state index is 0.188. The van der Waals surface area contributed by atoms with E-state index >= 15 is 0 Å². The van der Waals surface area contributed by atoms with E-state index in [-0.39, 0.29) is 5.91 Å². The van der Waals surface area contributed by atoms with Gasteiger partial charge < -0.3 is 0 Å². The summed E-state index contributed by atoms with van der Waals surface area (Å²) in [5.41, 5.74) is 3.94. The summed E-state index contributed by atoms with van der Waals surface area (Å²) in [6.45, 7) is 6.18. The van der Waals surface area contributed by atoms with Crippen molar-refractivity contribution in [3.8, 4) is 0 Å². The number of nitrogens with one attached hydrogen (secondary N) is 1. The van der Waals surface area contributed by atoms with Crippen LogP contribution in [0.15, 0.2) is 47.6 Å². The van der Waals surface area contributed by atoms with Crippen molar-refractivity contribution < 1.29 is 4.79 Å². The molecule has 0 radical (unpaired) electrons. The fourth-order valence-electron chi connectivity index (χ4n) is 1.34. The van der Waals surface area contributed by atoms with Gasteiger partial charge in [0.1, 0.15) is 0 Å². The second kappa shape index (κ2) is 7.43. The molecule has 0 saturated carbocycles. The Bertz CT molecular complexity index is 433. The van der Waals surface area contributed by atoms with Crippen LogP contribution in [0.2, 0.25) is 0 Å². The van der Waals surface area contributed by atoms with Gasteiger partial charge in [-0.15, -0.1) is 0 Å². The smallest absolute Gasteiger partial charge is 0.267 e. The molecule has 1 amide bonds. The van der Waals surface area contributed by atoms with Gasteiger partial charge in [-0.2, -0.15) is 5.10 Å². The highest BCUT2D eigenvalue weighted by Gasteiger charge is 2.01. The number of carbonyl (C=O) groups excluding carboxylic acids is 1. The average molecular weight is 244 g/mol. The zero-order chi connectivity index (χ0) is 13.4. The number of hydrogen-bond acceptors (Lipinski definition) is 2. The Hall–Kier alpha value is -1.90. The fourth-order valence-corrected chi connectivity index (χ4v) is 1.34. The van der Waals surface area contributed by atoms with Gasteiger partial charge in [0.2, 0.25) is 0 Å². The van der Waals surface area contributed by atoms with E-state index in [2.05, 4.69) is 30.5 Å². The predicted molar refractivity (Wildman–Crippen MR) is 75.6 cm³/mol. The van der Waals surface area contributed by atoms with Crippen molar-refractivity contribution >= 4 is 11.6 Å². The van der Waals surface area contributed by atoms with E-state index in [0.29, 0.717) is 11.5 Å². The Morgan fingerprint density at radius 3 is 2.61 bits per heavy atom. The lowest BCUT2D eigenvalue weighted by molar-refractivity contribution is 0.0955. The van der Waals surface area contributed by atoms with Crippen LogP contribution in [0.25, 0.3) is 0 Å². The molecule has 96 valence electrons. The summed E-state index contributed by atoms with van der Waals surface area (Å²) >= 11 is 0. The predicted octanol–water partition coefficient (Wildman–Crippen LogP) is 3.39. The molecule has 1 N–H and O–H groups in total. The third-order valence-corrected chi connectivity index (χ3v) is 2.34. The van der Waals surface area contributed by atoms with Gasteiger partial charge in [0.05, 0.1) is 5.71 Å². The maximum atomic E-state index is 11.7. The lowest BCUT2D eigenvalue weighted by Crippen LogP contribution is -2.18. The molecule has 0 bridgehead atoms. The number of rotatable bonds is 5. The minimum atomic E-state index is -0.188. The third-order valence-electron chi connectivity index (χ3n) is 2.34. The molecule has 0 aliphatic heterocycles. The first kappa shape index (κ1) is 14.2. The normalized spacial score (nSPS) is 12.1. The second-order valence-electron chi connectivity index (χ2n) is 4.59. The van der Waals surface area contributed by atoms with Gasteiger partial charge in [-0.25, -0.2) is 5.43 Å². The number of amides is 1. The van der Waals surface area contributed by atoms with E-state index < -0.39 is 0 Å².